The largest absolute Gasteiger partial charge is 0.429 e. The van der Waals surface area contributed by atoms with Gasteiger partial charge in [-0.3, -0.25) is 4.79 Å². The van der Waals surface area contributed by atoms with Crippen molar-refractivity contribution in [2.75, 3.05) is 0 Å². The van der Waals surface area contributed by atoms with E-state index in [4.69, 9.17) is 8.22 Å². The quantitative estimate of drug-likeness (QED) is 0.300. The van der Waals surface area contributed by atoms with E-state index >= 15 is 0 Å². The Bertz CT molecular complexity index is 901. The van der Waals surface area contributed by atoms with Gasteiger partial charge in [0.05, 0.1) is 5.60 Å². The molecular formula is C24H36F6O3. The molecule has 0 aliphatic heterocycles. The Morgan fingerprint density at radius 2 is 1.70 bits per heavy atom. The van der Waals surface area contributed by atoms with Gasteiger partial charge in [-0.15, -0.1) is 0 Å². The average molecular weight is 493 g/mol. The first-order chi connectivity index (χ1) is 17.3. The Kier molecular flexibility index (Phi) is 5.60. The molecule has 0 amide bonds. The molecule has 3 nitrogen and oxygen atoms in total. The summed E-state index contributed by atoms with van der Waals surface area (Å²) in [7, 11) is 0. The maximum atomic E-state index is 13.2. The van der Waals surface area contributed by atoms with Crippen LogP contribution in [0.3, 0.4) is 0 Å². The maximum absolute atomic E-state index is 13.2. The number of hydrogen-bond donors (Lipinski definition) is 2. The Morgan fingerprint density at radius 3 is 2.24 bits per heavy atom. The van der Waals surface area contributed by atoms with E-state index in [1.165, 1.54) is 0 Å². The van der Waals surface area contributed by atoms with Crippen LogP contribution >= 0.6 is 0 Å². The van der Waals surface area contributed by atoms with Gasteiger partial charge in [-0.25, -0.2) is 0 Å². The minimum Gasteiger partial charge on any atom is -0.390 e. The van der Waals surface area contributed by atoms with Crippen LogP contribution in [0, 0.1) is 22.7 Å². The second-order valence-corrected chi connectivity index (χ2v) is 10.2. The molecule has 0 saturated heterocycles. The molecule has 0 unspecified atom stereocenters. The van der Waals surface area contributed by atoms with Crippen LogP contribution in [-0.2, 0) is 4.79 Å². The third kappa shape index (κ3) is 5.77. The summed E-state index contributed by atoms with van der Waals surface area (Å²) >= 11 is 0. The molecule has 0 bridgehead atoms. The number of fused-ring (bicyclic) bond motifs is 1. The molecule has 2 saturated carbocycles. The molecule has 2 rings (SSSR count). The van der Waals surface area contributed by atoms with E-state index < -0.39 is 60.9 Å². The predicted molar refractivity (Wildman–Crippen MR) is 112 cm³/mol. The van der Waals surface area contributed by atoms with Crippen LogP contribution in [0.25, 0.3) is 0 Å². The third-order valence-corrected chi connectivity index (χ3v) is 7.80. The second kappa shape index (κ2) is 9.17. The van der Waals surface area contributed by atoms with Crippen molar-refractivity contribution in [3.05, 3.63) is 12.2 Å². The summed E-state index contributed by atoms with van der Waals surface area (Å²) in [5, 5.41) is 20.2. The fourth-order valence-corrected chi connectivity index (χ4v) is 6.09. The summed E-state index contributed by atoms with van der Waals surface area (Å²) in [6, 6.07) is 0. The fourth-order valence-electron chi connectivity index (χ4n) is 6.09. The van der Waals surface area contributed by atoms with Gasteiger partial charge in [0, 0.05) is 20.6 Å². The summed E-state index contributed by atoms with van der Waals surface area (Å²) in [4.78, 5) is 12.6. The first-order valence-electron chi connectivity index (χ1n) is 14.1. The number of hydrogen-bond acceptors (Lipinski definition) is 3. The molecule has 9 heteroatoms. The fraction of sp³-hybridized carbons (Fsp3) is 0.875. The monoisotopic (exact) mass is 492 g/mol. The molecule has 0 aromatic carbocycles. The van der Waals surface area contributed by atoms with Crippen molar-refractivity contribution < 1.29 is 49.6 Å². The highest BCUT2D eigenvalue weighted by molar-refractivity contribution is 5.83. The highest BCUT2D eigenvalue weighted by atomic mass is 19.4. The van der Waals surface area contributed by atoms with Crippen LogP contribution < -0.4 is 0 Å². The van der Waals surface area contributed by atoms with E-state index in [2.05, 4.69) is 0 Å². The number of halogens is 6. The molecule has 0 aromatic rings. The van der Waals surface area contributed by atoms with Crippen LogP contribution in [0.1, 0.15) is 93.6 Å². The molecule has 33 heavy (non-hydrogen) atoms. The lowest BCUT2D eigenvalue weighted by Crippen LogP contribution is -2.55. The molecule has 0 spiro atoms. The van der Waals surface area contributed by atoms with Crippen LogP contribution in [0.4, 0.5) is 26.3 Å². The molecule has 2 fully saturated rings. The van der Waals surface area contributed by atoms with Gasteiger partial charge in [-0.2, -0.15) is 26.3 Å². The van der Waals surface area contributed by atoms with Gasteiger partial charge < -0.3 is 10.2 Å². The van der Waals surface area contributed by atoms with E-state index in [1.807, 2.05) is 6.92 Å². The van der Waals surface area contributed by atoms with Crippen molar-refractivity contribution in [2.45, 2.75) is 109 Å². The molecule has 2 aliphatic rings. The SMILES string of the molecule is [2H]C([2H])([2H])C(O)(CCC[C@@](C)(CC=CC(O)(C(F)(F)F)C(F)(F)F)[C@H]1CC[C@H]2C(=O)CCC[C@]12C)C([2H])([2H])[2H]. The lowest BCUT2D eigenvalue weighted by Gasteiger charge is -2.48. The molecule has 2 N–H and O–H groups in total. The topological polar surface area (TPSA) is 57.5 Å². The number of alkyl halides is 6. The summed E-state index contributed by atoms with van der Waals surface area (Å²) < 4.78 is 125. The smallest absolute Gasteiger partial charge is 0.390 e. The van der Waals surface area contributed by atoms with Crippen LogP contribution in [0.2, 0.25) is 0 Å². The lowest BCUT2D eigenvalue weighted by molar-refractivity contribution is -0.347. The minimum absolute atomic E-state index is 0.0341. The molecule has 0 radical (unpaired) electrons. The van der Waals surface area contributed by atoms with Crippen LogP contribution in [0.15, 0.2) is 12.2 Å². The van der Waals surface area contributed by atoms with E-state index in [0.717, 1.165) is 0 Å². The van der Waals surface area contributed by atoms with E-state index in [0.29, 0.717) is 38.2 Å². The van der Waals surface area contributed by atoms with Crippen molar-refractivity contribution in [2.24, 2.45) is 22.7 Å². The molecule has 4 atom stereocenters. The van der Waals surface area contributed by atoms with Crippen molar-refractivity contribution in [3.63, 3.8) is 0 Å². The summed E-state index contributed by atoms with van der Waals surface area (Å²) in [5.41, 5.74) is -9.90. The summed E-state index contributed by atoms with van der Waals surface area (Å²) in [6.07, 6.45) is -10.8. The Hall–Kier alpha value is -1.09. The van der Waals surface area contributed by atoms with Crippen molar-refractivity contribution in [1.82, 2.24) is 0 Å². The highest BCUT2D eigenvalue weighted by Gasteiger charge is 2.69. The zero-order chi connectivity index (χ0) is 30.5. The average Bonchev–Trinajstić information content (AvgIpc) is 3.09. The Balaban J connectivity index is 2.45. The van der Waals surface area contributed by atoms with Crippen molar-refractivity contribution in [1.29, 1.82) is 0 Å². The number of allylic oxidation sites excluding steroid dienone is 1. The normalized spacial score (nSPS) is 32.8. The Morgan fingerprint density at radius 1 is 1.09 bits per heavy atom. The van der Waals surface area contributed by atoms with Gasteiger partial charge in [0.1, 0.15) is 5.78 Å². The van der Waals surface area contributed by atoms with E-state index in [1.54, 1.807) is 6.92 Å². The lowest BCUT2D eigenvalue weighted by atomic mass is 9.56. The zero-order valence-electron chi connectivity index (χ0n) is 24.7. The number of Topliss-reactive ketones (excluding diaryl/α,β-unsaturated/α-hetero) is 1. The van der Waals surface area contributed by atoms with Gasteiger partial charge in [0.2, 0.25) is 0 Å². The van der Waals surface area contributed by atoms with Crippen LogP contribution in [0.5, 0.6) is 0 Å². The summed E-state index contributed by atoms with van der Waals surface area (Å²) in [6.45, 7) is -3.12. The van der Waals surface area contributed by atoms with Gasteiger partial charge in [-0.05, 0) is 81.5 Å². The second-order valence-electron chi connectivity index (χ2n) is 10.2. The highest BCUT2D eigenvalue weighted by Crippen LogP contribution is 2.61. The number of carbonyl (C=O) groups excluding carboxylic acids is 1. The third-order valence-electron chi connectivity index (χ3n) is 7.80. The number of carbonyl (C=O) groups is 1. The van der Waals surface area contributed by atoms with Gasteiger partial charge in [0.15, 0.2) is 0 Å². The molecule has 192 valence electrons. The van der Waals surface area contributed by atoms with Crippen LogP contribution in [-0.4, -0.2) is 39.6 Å². The first kappa shape index (κ1) is 20.1. The van der Waals surface area contributed by atoms with Gasteiger partial charge in [0.25, 0.3) is 5.60 Å². The summed E-state index contributed by atoms with van der Waals surface area (Å²) in [5.74, 6) is -0.697. The molecule has 2 aliphatic carbocycles. The number of aliphatic hydroxyl groups is 2. The standard InChI is InChI=1S/C24H36F6O3/c1-19(2,32)11-6-12-20(3,13-7-15-22(33,23(25,26)27)24(28,29)30)18-10-9-16-17(31)8-5-14-21(16,18)4/h7,15-16,18,32-33H,5-6,8-14H2,1-4H3/t16-,18+,20-,21-/m0/s1/i1D3,2D3. The molecular weight excluding hydrogens is 450 g/mol. The first-order valence-corrected chi connectivity index (χ1v) is 11.1. The van der Waals surface area contributed by atoms with Crippen molar-refractivity contribution in [3.8, 4) is 0 Å². The number of rotatable bonds is 8. The molecule has 0 aromatic heterocycles. The zero-order valence-corrected chi connectivity index (χ0v) is 18.7. The van der Waals surface area contributed by atoms with E-state index in [9.17, 15) is 41.4 Å². The number of ketones is 1. The van der Waals surface area contributed by atoms with Gasteiger partial charge in [-0.1, -0.05) is 26.3 Å². The van der Waals surface area contributed by atoms with Crippen molar-refractivity contribution >= 4 is 5.78 Å². The van der Waals surface area contributed by atoms with E-state index in [-0.39, 0.29) is 36.5 Å². The molecule has 0 heterocycles. The minimum atomic E-state index is -6.05. The van der Waals surface area contributed by atoms with Gasteiger partial charge >= 0.3 is 12.4 Å². The predicted octanol–water partition coefficient (Wildman–Crippen LogP) is 6.52. The Labute approximate surface area is 200 Å². The maximum Gasteiger partial charge on any atom is 0.429 e.